The van der Waals surface area contributed by atoms with Crippen LogP contribution in [-0.4, -0.2) is 56.8 Å². The zero-order valence-corrected chi connectivity index (χ0v) is 18.8. The molecule has 0 aliphatic carbocycles. The number of Topliss-reactive ketones (excluding diaryl/α,β-unsaturated/α-hetero) is 1. The smallest absolute Gasteiger partial charge is 0.372 e. The maximum Gasteiger partial charge on any atom is 0.372 e. The van der Waals surface area contributed by atoms with Crippen LogP contribution in [-0.2, 0) is 25.5 Å². The molecule has 0 radical (unpaired) electrons. The van der Waals surface area contributed by atoms with Crippen molar-refractivity contribution in [3.05, 3.63) is 36.0 Å². The van der Waals surface area contributed by atoms with Crippen molar-refractivity contribution in [2.45, 2.75) is 57.4 Å². The van der Waals surface area contributed by atoms with Crippen LogP contribution in [0.3, 0.4) is 0 Å². The molecule has 1 amide bonds. The fourth-order valence-electron chi connectivity index (χ4n) is 3.18. The number of nitrogens with zero attached hydrogens (tertiary/aromatic N) is 1. The van der Waals surface area contributed by atoms with Crippen LogP contribution in [0.5, 0.6) is 0 Å². The second-order valence-electron chi connectivity index (χ2n) is 7.32. The van der Waals surface area contributed by atoms with Gasteiger partial charge in [-0.05, 0) is 44.1 Å². The van der Waals surface area contributed by atoms with Gasteiger partial charge in [-0.15, -0.1) is 11.8 Å². The highest BCUT2D eigenvalue weighted by Crippen LogP contribution is 2.24. The normalized spacial score (nSPS) is 12.8. The number of ketones is 1. The Hall–Kier alpha value is -2.90. The van der Waals surface area contributed by atoms with Gasteiger partial charge in [0.15, 0.2) is 0 Å². The largest absolute Gasteiger partial charge is 0.461 e. The van der Waals surface area contributed by atoms with Gasteiger partial charge in [0.25, 0.3) is 0 Å². The number of para-hydroxylation sites is 1. The van der Waals surface area contributed by atoms with Gasteiger partial charge in [-0.1, -0.05) is 25.1 Å². The Kier molecular flexibility index (Phi) is 9.49. The molecule has 31 heavy (non-hydrogen) atoms. The summed E-state index contributed by atoms with van der Waals surface area (Å²) in [6.07, 6.45) is 3.02. The van der Waals surface area contributed by atoms with E-state index >= 15 is 0 Å². The number of fused-ring (bicyclic) bond motifs is 1. The van der Waals surface area contributed by atoms with E-state index in [4.69, 9.17) is 10.3 Å². The lowest BCUT2D eigenvalue weighted by molar-refractivity contribution is -0.151. The summed E-state index contributed by atoms with van der Waals surface area (Å²) in [6, 6.07) is 6.95. The van der Waals surface area contributed by atoms with Crippen molar-refractivity contribution in [3.63, 3.8) is 0 Å². The Labute approximate surface area is 185 Å². The molecule has 0 saturated carbocycles. The van der Waals surface area contributed by atoms with Gasteiger partial charge in [-0.2, -0.15) is 0 Å². The number of hydrogen-bond donors (Lipinski definition) is 3. The minimum atomic E-state index is -0.944. The molecule has 2 rings (SSSR count). The lowest BCUT2D eigenvalue weighted by Crippen LogP contribution is -2.46. The van der Waals surface area contributed by atoms with Gasteiger partial charge in [0.05, 0.1) is 21.7 Å². The Morgan fingerprint density at radius 2 is 2.03 bits per heavy atom. The molecule has 9 heteroatoms. The van der Waals surface area contributed by atoms with E-state index in [0.29, 0.717) is 6.42 Å². The molecule has 1 heterocycles. The summed E-state index contributed by atoms with van der Waals surface area (Å²) in [5.74, 6) is -0.499. The summed E-state index contributed by atoms with van der Waals surface area (Å²) in [4.78, 5) is 43.5. The Balaban J connectivity index is 2.14. The molecule has 0 saturated heterocycles. The van der Waals surface area contributed by atoms with E-state index in [2.05, 4.69) is 15.1 Å². The van der Waals surface area contributed by atoms with E-state index in [1.165, 1.54) is 11.8 Å². The summed E-state index contributed by atoms with van der Waals surface area (Å²) in [5, 5.41) is 3.44. The predicted molar refractivity (Wildman–Crippen MR) is 120 cm³/mol. The molecule has 0 bridgehead atoms. The first kappa shape index (κ1) is 24.4. The molecule has 2 aromatic rings. The van der Waals surface area contributed by atoms with Crippen molar-refractivity contribution in [2.24, 2.45) is 0 Å². The zero-order chi connectivity index (χ0) is 22.8. The molecule has 0 aliphatic heterocycles. The molecule has 0 spiro atoms. The molecular weight excluding hydrogens is 416 g/mol. The summed E-state index contributed by atoms with van der Waals surface area (Å²) in [6.45, 7) is 5.42. The number of esters is 1. The number of carbonyl (C=O) groups excluding carboxylic acids is 3. The summed E-state index contributed by atoms with van der Waals surface area (Å²) >= 11 is 1.50. The van der Waals surface area contributed by atoms with Crippen molar-refractivity contribution in [1.82, 2.24) is 10.3 Å². The van der Waals surface area contributed by atoms with E-state index in [1.807, 2.05) is 37.4 Å². The molecule has 2 atom stereocenters. The highest BCUT2D eigenvalue weighted by Gasteiger charge is 2.28. The van der Waals surface area contributed by atoms with Crippen LogP contribution < -0.4 is 5.32 Å². The van der Waals surface area contributed by atoms with Crippen LogP contribution in [0, 0.1) is 5.53 Å². The van der Waals surface area contributed by atoms with Gasteiger partial charge in [-0.25, -0.2) is 4.79 Å². The maximum absolute atomic E-state index is 13.1. The number of carbonyl (C=O) groups is 3. The average Bonchev–Trinajstić information content (AvgIpc) is 3.13. The number of thioether (sulfide) groups is 1. The fourth-order valence-corrected chi connectivity index (χ4v) is 4.10. The number of nitrogens with one attached hydrogen (secondary N) is 3. The van der Waals surface area contributed by atoms with Crippen molar-refractivity contribution in [2.75, 3.05) is 5.75 Å². The van der Waals surface area contributed by atoms with Crippen LogP contribution in [0.4, 0.5) is 0 Å². The van der Waals surface area contributed by atoms with Crippen molar-refractivity contribution >= 4 is 46.5 Å². The van der Waals surface area contributed by atoms with Crippen LogP contribution >= 0.6 is 11.8 Å². The van der Waals surface area contributed by atoms with Crippen molar-refractivity contribution in [3.8, 4) is 0 Å². The van der Waals surface area contributed by atoms with E-state index in [1.54, 1.807) is 13.8 Å². The number of hydrogen-bond acceptors (Lipinski definition) is 6. The van der Waals surface area contributed by atoms with E-state index in [0.717, 1.165) is 28.4 Å². The van der Waals surface area contributed by atoms with Gasteiger partial charge in [-0.3, -0.25) is 9.59 Å². The van der Waals surface area contributed by atoms with Gasteiger partial charge in [0.1, 0.15) is 6.04 Å². The molecule has 0 fully saturated rings. The SMILES string of the molecule is CCS[C@@H](Cc1c[nH]c2ccccc12)C(=O)N[C@@H](CCC(=O)C=[N+]=N)C(=O)OC(C)C. The van der Waals surface area contributed by atoms with Crippen LogP contribution in [0.25, 0.3) is 10.9 Å². The Morgan fingerprint density at radius 3 is 2.71 bits per heavy atom. The zero-order valence-electron chi connectivity index (χ0n) is 18.0. The summed E-state index contributed by atoms with van der Waals surface area (Å²) in [7, 11) is 0. The highest BCUT2D eigenvalue weighted by molar-refractivity contribution is 8.00. The van der Waals surface area contributed by atoms with Gasteiger partial charge >= 0.3 is 12.2 Å². The number of aromatic nitrogens is 1. The number of H-pyrrole nitrogens is 1. The second-order valence-corrected chi connectivity index (χ2v) is 8.80. The lowest BCUT2D eigenvalue weighted by Gasteiger charge is -2.22. The minimum Gasteiger partial charge on any atom is -0.461 e. The molecular formula is C22H29N4O4S+. The molecule has 0 unspecified atom stereocenters. The van der Waals surface area contributed by atoms with Crippen LogP contribution in [0.2, 0.25) is 0 Å². The Bertz CT molecular complexity index is 965. The fraction of sp³-hybridized carbons (Fsp3) is 0.455. The van der Waals surface area contributed by atoms with E-state index in [-0.39, 0.29) is 30.6 Å². The summed E-state index contributed by atoms with van der Waals surface area (Å²) < 4.78 is 5.26. The van der Waals surface area contributed by atoms with Crippen LogP contribution in [0.15, 0.2) is 30.5 Å². The number of ether oxygens (including phenoxy) is 1. The maximum atomic E-state index is 13.1. The van der Waals surface area contributed by atoms with Crippen LogP contribution in [0.1, 0.15) is 39.2 Å². The van der Waals surface area contributed by atoms with Crippen molar-refractivity contribution < 1.29 is 23.9 Å². The van der Waals surface area contributed by atoms with Crippen molar-refractivity contribution in [1.29, 1.82) is 5.53 Å². The van der Waals surface area contributed by atoms with E-state index in [9.17, 15) is 14.4 Å². The number of amides is 1. The van der Waals surface area contributed by atoms with Gasteiger partial charge < -0.3 is 15.0 Å². The number of benzene rings is 1. The molecule has 1 aromatic carbocycles. The predicted octanol–water partition coefficient (Wildman–Crippen LogP) is 2.93. The third-order valence-corrected chi connectivity index (χ3v) is 5.70. The van der Waals surface area contributed by atoms with Gasteiger partial charge in [0.2, 0.25) is 11.7 Å². The first-order valence-corrected chi connectivity index (χ1v) is 11.3. The van der Waals surface area contributed by atoms with E-state index < -0.39 is 17.3 Å². The number of rotatable bonds is 12. The second kappa shape index (κ2) is 12.1. The standard InChI is InChI=1S/C22H28N4O4S/c1-4-31-20(11-15-12-24-18-8-6-5-7-17(15)18)21(28)26-19(22(29)30-14(2)3)10-9-16(27)13-25-23/h5-8,12-14,19-20,23-24H,4,9-11H2,1-3H3/p+1/t19-,20-/m0/s1. The monoisotopic (exact) mass is 445 g/mol. The third kappa shape index (κ3) is 7.38. The molecule has 1 aromatic heterocycles. The lowest BCUT2D eigenvalue weighted by atomic mass is 10.1. The molecule has 8 nitrogen and oxygen atoms in total. The first-order chi connectivity index (χ1) is 14.8. The quantitative estimate of drug-likeness (QED) is 0.200. The Morgan fingerprint density at radius 1 is 1.29 bits per heavy atom. The van der Waals surface area contributed by atoms with Gasteiger partial charge in [0, 0.05) is 23.5 Å². The topological polar surface area (TPSA) is 126 Å². The third-order valence-electron chi connectivity index (χ3n) is 4.58. The molecule has 166 valence electrons. The highest BCUT2D eigenvalue weighted by atomic mass is 32.2. The molecule has 0 aliphatic rings. The minimum absolute atomic E-state index is 0.0193. The first-order valence-electron chi connectivity index (χ1n) is 10.3. The molecule has 3 N–H and O–H groups in total. The summed E-state index contributed by atoms with van der Waals surface area (Å²) in [5.41, 5.74) is 8.78. The average molecular weight is 446 g/mol. The number of aromatic amines is 1.